The molecule has 624 valence electrons. The van der Waals surface area contributed by atoms with E-state index in [2.05, 4.69) is 192 Å². The maximum absolute atomic E-state index is 13.1. The fraction of sp³-hybridized carbons (Fsp3) is 0.626. The molecule has 0 heterocycles. The van der Waals surface area contributed by atoms with Gasteiger partial charge < -0.3 is 33.8 Å². The number of hydrogen-bond donors (Lipinski definition) is 3. The van der Waals surface area contributed by atoms with E-state index in [4.69, 9.17) is 37.0 Å². The normalized spacial score (nSPS) is 14.7. The summed E-state index contributed by atoms with van der Waals surface area (Å²) < 4.78 is 68.7. The molecule has 0 aliphatic rings. The van der Waals surface area contributed by atoms with Crippen molar-refractivity contribution in [3.05, 3.63) is 182 Å². The SMILES string of the molecule is CC/C=C\C/C=C\C/C=C\C/C=C\C/C=C\C/C=C\CCC(=O)OCC(COP(=O)(O)OCC(O)COP(=O)(O)OCC(COC(=O)CCCCCCCC/C=C\C/C=C\C/C=C\C/C=C\CC)OC(=O)CCCCCCCC/C=C\C/C=C\C/C=C\C/C=C\CC)OC(=O)CCCCCCC/C=C\CCCCCC. The highest BCUT2D eigenvalue weighted by Crippen LogP contribution is 2.45. The summed E-state index contributed by atoms with van der Waals surface area (Å²) in [5, 5.41) is 10.7. The van der Waals surface area contributed by atoms with E-state index in [1.54, 1.807) is 0 Å². The van der Waals surface area contributed by atoms with Gasteiger partial charge in [-0.1, -0.05) is 300 Å². The molecule has 0 saturated carbocycles. The van der Waals surface area contributed by atoms with Crippen molar-refractivity contribution in [3.63, 3.8) is 0 Å². The first kappa shape index (κ1) is 104. The van der Waals surface area contributed by atoms with Crippen LogP contribution in [-0.4, -0.2) is 96.7 Å². The van der Waals surface area contributed by atoms with Crippen molar-refractivity contribution in [2.24, 2.45) is 0 Å². The van der Waals surface area contributed by atoms with Gasteiger partial charge in [0.15, 0.2) is 12.2 Å². The molecule has 5 unspecified atom stereocenters. The third-order valence-electron chi connectivity index (χ3n) is 16.9. The lowest BCUT2D eigenvalue weighted by atomic mass is 10.1. The highest BCUT2D eigenvalue weighted by atomic mass is 31.2. The second kappa shape index (κ2) is 81.2. The first-order valence-corrected chi connectivity index (χ1v) is 45.0. The lowest BCUT2D eigenvalue weighted by Crippen LogP contribution is -2.30. The minimum absolute atomic E-state index is 0.0290. The summed E-state index contributed by atoms with van der Waals surface area (Å²) in [6.45, 7) is 4.40. The monoisotopic (exact) mass is 1580 g/mol. The smallest absolute Gasteiger partial charge is 0.462 e. The van der Waals surface area contributed by atoms with Crippen LogP contribution in [0.15, 0.2) is 182 Å². The van der Waals surface area contributed by atoms with Gasteiger partial charge in [0.1, 0.15) is 19.3 Å². The number of allylic oxidation sites excluding steroid dienone is 30. The number of ether oxygens (including phenoxy) is 4. The lowest BCUT2D eigenvalue weighted by molar-refractivity contribution is -0.161. The van der Waals surface area contributed by atoms with Crippen LogP contribution in [0.2, 0.25) is 0 Å². The Morgan fingerprint density at radius 3 is 0.791 bits per heavy atom. The van der Waals surface area contributed by atoms with Crippen molar-refractivity contribution in [2.45, 2.75) is 329 Å². The Bertz CT molecular complexity index is 2800. The van der Waals surface area contributed by atoms with Crippen LogP contribution in [0.25, 0.3) is 0 Å². The third kappa shape index (κ3) is 80.2. The summed E-state index contributed by atoms with van der Waals surface area (Å²) in [5.41, 5.74) is 0. The van der Waals surface area contributed by atoms with Crippen LogP contribution in [0.3, 0.4) is 0 Å². The molecule has 0 aromatic heterocycles. The van der Waals surface area contributed by atoms with Crippen LogP contribution in [0, 0.1) is 0 Å². The van der Waals surface area contributed by atoms with E-state index in [9.17, 15) is 43.2 Å². The zero-order valence-electron chi connectivity index (χ0n) is 68.4. The zero-order chi connectivity index (χ0) is 80.3. The fourth-order valence-corrected chi connectivity index (χ4v) is 12.2. The fourth-order valence-electron chi connectivity index (χ4n) is 10.6. The molecule has 0 fully saturated rings. The van der Waals surface area contributed by atoms with Crippen LogP contribution < -0.4 is 0 Å². The minimum Gasteiger partial charge on any atom is -0.462 e. The highest BCUT2D eigenvalue weighted by Gasteiger charge is 2.30. The summed E-state index contributed by atoms with van der Waals surface area (Å²) in [6.07, 6.45) is 98.7. The van der Waals surface area contributed by atoms with E-state index in [1.807, 2.05) is 18.2 Å². The van der Waals surface area contributed by atoms with Crippen molar-refractivity contribution in [3.8, 4) is 0 Å². The van der Waals surface area contributed by atoms with E-state index >= 15 is 0 Å². The molecule has 5 atom stereocenters. The molecule has 3 N–H and O–H groups in total. The van der Waals surface area contributed by atoms with Crippen molar-refractivity contribution >= 4 is 39.5 Å². The average molecular weight is 1580 g/mol. The Hall–Kier alpha value is -5.84. The average Bonchev–Trinajstić information content (AvgIpc) is 0.942. The second-order valence-electron chi connectivity index (χ2n) is 27.3. The van der Waals surface area contributed by atoms with Crippen LogP contribution in [0.5, 0.6) is 0 Å². The Balaban J connectivity index is 5.47. The van der Waals surface area contributed by atoms with Gasteiger partial charge in [-0.05, 0) is 167 Å². The standard InChI is InChI=1S/C91H148O17P2/c1-5-9-13-17-21-25-29-33-36-39-42-45-48-52-55-59-63-67-71-75-88(93)101-81-86(107-90(95)77-73-69-65-61-57-51-32-28-24-20-16-12-8-4)83-105-109(97,98)103-79-85(92)80-104-110(99,100)106-84-87(108-91(96)78-74-70-66-62-58-54-50-47-44-41-38-35-31-27-23-19-15-11-7-3)82-102-89(94)76-72-68-64-60-56-53-49-46-43-40-37-34-30-26-22-18-14-10-6-2/h9-11,13-15,21-23,25-28,32-38,42-47,52,55,63,67,85-87,92H,5-8,12,16-20,24,29-31,39-41,48-51,53-54,56-62,64-66,68-84H2,1-4H3,(H,97,98)(H,99,100)/b13-9-,14-10-,15-11-,25-21-,26-22-,27-23-,32-28-,36-33-,37-34-,38-35-,45-42-,46-43-,47-44-,55-52-,67-63-. The molecule has 110 heavy (non-hydrogen) atoms. The number of phosphoric acid groups is 2. The molecule has 0 radical (unpaired) electrons. The number of rotatable bonds is 77. The first-order valence-electron chi connectivity index (χ1n) is 42.0. The predicted octanol–water partition coefficient (Wildman–Crippen LogP) is 25.1. The van der Waals surface area contributed by atoms with E-state index in [1.165, 1.54) is 25.7 Å². The summed E-state index contributed by atoms with van der Waals surface area (Å²) in [5.74, 6) is -2.32. The summed E-state index contributed by atoms with van der Waals surface area (Å²) in [7, 11) is -10.0. The highest BCUT2D eigenvalue weighted by molar-refractivity contribution is 7.47. The molecule has 19 heteroatoms. The Labute approximate surface area is 666 Å². The Kier molecular flexibility index (Phi) is 76.9. The van der Waals surface area contributed by atoms with Crippen LogP contribution in [0.1, 0.15) is 310 Å². The zero-order valence-corrected chi connectivity index (χ0v) is 70.1. The van der Waals surface area contributed by atoms with Crippen LogP contribution in [-0.2, 0) is 65.4 Å². The number of phosphoric ester groups is 2. The van der Waals surface area contributed by atoms with E-state index in [0.717, 1.165) is 199 Å². The van der Waals surface area contributed by atoms with Gasteiger partial charge >= 0.3 is 39.5 Å². The summed E-state index contributed by atoms with van der Waals surface area (Å²) in [6, 6.07) is 0. The largest absolute Gasteiger partial charge is 0.472 e. The quantitative estimate of drug-likeness (QED) is 0.0169. The van der Waals surface area contributed by atoms with Gasteiger partial charge in [-0.15, -0.1) is 0 Å². The number of aliphatic hydroxyl groups is 1. The van der Waals surface area contributed by atoms with Crippen molar-refractivity contribution < 1.29 is 80.2 Å². The molecule has 0 aliphatic carbocycles. The van der Waals surface area contributed by atoms with Gasteiger partial charge in [0.2, 0.25) is 0 Å². The van der Waals surface area contributed by atoms with Crippen LogP contribution >= 0.6 is 15.6 Å². The number of aliphatic hydroxyl groups excluding tert-OH is 1. The second-order valence-corrected chi connectivity index (χ2v) is 30.2. The van der Waals surface area contributed by atoms with E-state index < -0.39 is 97.5 Å². The molecule has 0 aromatic rings. The molecule has 0 amide bonds. The van der Waals surface area contributed by atoms with Gasteiger partial charge in [-0.2, -0.15) is 0 Å². The molecule has 0 saturated heterocycles. The lowest BCUT2D eigenvalue weighted by Gasteiger charge is -2.21. The molecule has 17 nitrogen and oxygen atoms in total. The van der Waals surface area contributed by atoms with E-state index in [-0.39, 0.29) is 25.7 Å². The summed E-state index contributed by atoms with van der Waals surface area (Å²) in [4.78, 5) is 73.2. The molecular weight excluding hydrogens is 1430 g/mol. The number of hydrogen-bond acceptors (Lipinski definition) is 15. The third-order valence-corrected chi connectivity index (χ3v) is 18.8. The van der Waals surface area contributed by atoms with Gasteiger partial charge in [0.25, 0.3) is 0 Å². The number of carbonyl (C=O) groups excluding carboxylic acids is 4. The molecular formula is C91H148O17P2. The Morgan fingerprint density at radius 1 is 0.264 bits per heavy atom. The summed E-state index contributed by atoms with van der Waals surface area (Å²) >= 11 is 0. The van der Waals surface area contributed by atoms with Crippen LogP contribution in [0.4, 0.5) is 0 Å². The maximum atomic E-state index is 13.1. The Morgan fingerprint density at radius 2 is 0.491 bits per heavy atom. The van der Waals surface area contributed by atoms with Gasteiger partial charge in [0.05, 0.1) is 26.4 Å². The maximum Gasteiger partial charge on any atom is 0.472 e. The first-order chi connectivity index (χ1) is 53.7. The van der Waals surface area contributed by atoms with Gasteiger partial charge in [0, 0.05) is 25.7 Å². The van der Waals surface area contributed by atoms with Gasteiger partial charge in [-0.25, -0.2) is 9.13 Å². The molecule has 0 rings (SSSR count). The number of unbranched alkanes of at least 4 members (excludes halogenated alkanes) is 21. The van der Waals surface area contributed by atoms with E-state index in [0.29, 0.717) is 32.1 Å². The van der Waals surface area contributed by atoms with Crippen molar-refractivity contribution in [1.29, 1.82) is 0 Å². The van der Waals surface area contributed by atoms with Crippen molar-refractivity contribution in [1.82, 2.24) is 0 Å². The number of esters is 4. The van der Waals surface area contributed by atoms with Gasteiger partial charge in [-0.3, -0.25) is 37.3 Å². The molecule has 0 bridgehead atoms. The van der Waals surface area contributed by atoms with Crippen molar-refractivity contribution in [2.75, 3.05) is 39.6 Å². The molecule has 0 aromatic carbocycles. The predicted molar refractivity (Wildman–Crippen MR) is 454 cm³/mol. The molecule has 0 spiro atoms. The number of carbonyl (C=O) groups is 4. The topological polar surface area (TPSA) is 237 Å². The minimum atomic E-state index is -5.01. The molecule has 0 aliphatic heterocycles.